The minimum atomic E-state index is 0.338. The minimum absolute atomic E-state index is 0.338. The molecule has 146 valence electrons. The van der Waals surface area contributed by atoms with Gasteiger partial charge in [0.15, 0.2) is 0 Å². The van der Waals surface area contributed by atoms with Crippen molar-refractivity contribution in [3.63, 3.8) is 0 Å². The van der Waals surface area contributed by atoms with E-state index in [0.717, 1.165) is 11.8 Å². The summed E-state index contributed by atoms with van der Waals surface area (Å²) in [6, 6.07) is 9.00. The van der Waals surface area contributed by atoms with Crippen molar-refractivity contribution in [3.8, 4) is 11.8 Å². The van der Waals surface area contributed by atoms with Gasteiger partial charge in [-0.25, -0.2) is 0 Å². The van der Waals surface area contributed by atoms with Crippen molar-refractivity contribution in [3.05, 3.63) is 35.4 Å². The maximum absolute atomic E-state index is 3.78. The molecule has 0 aliphatic heterocycles. The number of hydrogen-bond acceptors (Lipinski definition) is 0. The summed E-state index contributed by atoms with van der Waals surface area (Å²) in [6.45, 7) is 4.63. The third kappa shape index (κ3) is 3.99. The van der Waals surface area contributed by atoms with Crippen molar-refractivity contribution in [2.24, 2.45) is 22.7 Å². The Labute approximate surface area is 167 Å². The third-order valence-corrected chi connectivity index (χ3v) is 8.56. The van der Waals surface area contributed by atoms with Gasteiger partial charge in [-0.2, -0.15) is 0 Å². The third-order valence-electron chi connectivity index (χ3n) is 8.56. The van der Waals surface area contributed by atoms with Crippen molar-refractivity contribution >= 4 is 0 Å². The van der Waals surface area contributed by atoms with Gasteiger partial charge in [-0.1, -0.05) is 63.5 Å². The van der Waals surface area contributed by atoms with Gasteiger partial charge >= 0.3 is 0 Å². The molecule has 5 rings (SSSR count). The van der Waals surface area contributed by atoms with Gasteiger partial charge in [0, 0.05) is 11.0 Å². The highest BCUT2D eigenvalue weighted by Gasteiger charge is 2.51. The molecule has 0 heteroatoms. The van der Waals surface area contributed by atoms with Crippen molar-refractivity contribution in [2.45, 2.75) is 97.3 Å². The highest BCUT2D eigenvalue weighted by molar-refractivity contribution is 5.38. The second-order valence-electron chi connectivity index (χ2n) is 9.97. The highest BCUT2D eigenvalue weighted by atomic mass is 14.6. The number of hydrogen-bond donors (Lipinski definition) is 0. The lowest BCUT2D eigenvalue weighted by Gasteiger charge is -2.56. The fourth-order valence-corrected chi connectivity index (χ4v) is 6.45. The summed E-state index contributed by atoms with van der Waals surface area (Å²) in [7, 11) is 0. The monoisotopic (exact) mass is 362 g/mol. The summed E-state index contributed by atoms with van der Waals surface area (Å²) in [6.07, 6.45) is 18.3. The number of fused-ring (bicyclic) bond motifs is 3. The SMILES string of the molecule is CCCc1ccc(C#CC23CCC([C@H]4CC[C@H](CC)CC4)(CC2)CC3)cc1. The first-order valence-corrected chi connectivity index (χ1v) is 11.8. The lowest BCUT2D eigenvalue weighted by Crippen LogP contribution is -2.45. The molecule has 0 heterocycles. The molecule has 4 aliphatic rings. The molecule has 4 saturated carbocycles. The Kier molecular flexibility index (Phi) is 5.68. The average molecular weight is 363 g/mol. The number of benzene rings is 1. The van der Waals surface area contributed by atoms with Crippen LogP contribution in [0.3, 0.4) is 0 Å². The Morgan fingerprint density at radius 1 is 0.852 bits per heavy atom. The molecule has 2 bridgehead atoms. The molecule has 4 fully saturated rings. The summed E-state index contributed by atoms with van der Waals surface area (Å²) in [5.74, 6) is 9.38. The molecule has 0 aromatic heterocycles. The van der Waals surface area contributed by atoms with Crippen molar-refractivity contribution in [1.82, 2.24) is 0 Å². The minimum Gasteiger partial charge on any atom is -0.0911 e. The summed E-state index contributed by atoms with van der Waals surface area (Å²) in [5, 5.41) is 0. The molecule has 0 amide bonds. The van der Waals surface area contributed by atoms with Gasteiger partial charge in [0.05, 0.1) is 0 Å². The van der Waals surface area contributed by atoms with Gasteiger partial charge < -0.3 is 0 Å². The second kappa shape index (κ2) is 8.03. The van der Waals surface area contributed by atoms with E-state index in [1.807, 2.05) is 0 Å². The molecule has 1 aromatic rings. The zero-order chi connectivity index (χ0) is 18.7. The van der Waals surface area contributed by atoms with Gasteiger partial charge in [-0.15, -0.1) is 0 Å². The topological polar surface area (TPSA) is 0 Å². The summed E-state index contributed by atoms with van der Waals surface area (Å²) in [5.41, 5.74) is 3.69. The van der Waals surface area contributed by atoms with Crippen LogP contribution < -0.4 is 0 Å². The number of rotatable bonds is 4. The van der Waals surface area contributed by atoms with E-state index in [1.54, 1.807) is 0 Å². The zero-order valence-corrected chi connectivity index (χ0v) is 17.7. The Bertz CT molecular complexity index is 650. The van der Waals surface area contributed by atoms with E-state index in [4.69, 9.17) is 0 Å². The molecule has 0 N–H and O–H groups in total. The molecule has 0 radical (unpaired) electrons. The first-order valence-electron chi connectivity index (χ1n) is 11.8. The van der Waals surface area contributed by atoms with Crippen LogP contribution in [0.25, 0.3) is 0 Å². The van der Waals surface area contributed by atoms with E-state index in [9.17, 15) is 0 Å². The second-order valence-corrected chi connectivity index (χ2v) is 9.97. The largest absolute Gasteiger partial charge is 0.0911 e. The van der Waals surface area contributed by atoms with Gasteiger partial charge in [-0.3, -0.25) is 0 Å². The van der Waals surface area contributed by atoms with Gasteiger partial charge in [-0.05, 0) is 92.7 Å². The molecule has 27 heavy (non-hydrogen) atoms. The smallest absolute Gasteiger partial charge is 0.0319 e. The Morgan fingerprint density at radius 2 is 1.48 bits per heavy atom. The fraction of sp³-hybridized carbons (Fsp3) is 0.704. The Hall–Kier alpha value is -1.22. The van der Waals surface area contributed by atoms with Crippen LogP contribution in [0.2, 0.25) is 0 Å². The molecular weight excluding hydrogens is 324 g/mol. The average Bonchev–Trinajstić information content (AvgIpc) is 2.75. The van der Waals surface area contributed by atoms with Gasteiger partial charge in [0.25, 0.3) is 0 Å². The zero-order valence-electron chi connectivity index (χ0n) is 17.7. The molecule has 0 unspecified atom stereocenters. The van der Waals surface area contributed by atoms with Crippen LogP contribution in [-0.2, 0) is 6.42 Å². The molecular formula is C27H38. The van der Waals surface area contributed by atoms with Crippen LogP contribution in [0.1, 0.15) is 102 Å². The lowest BCUT2D eigenvalue weighted by atomic mass is 9.48. The molecule has 4 aliphatic carbocycles. The van der Waals surface area contributed by atoms with Crippen LogP contribution in [0.4, 0.5) is 0 Å². The van der Waals surface area contributed by atoms with Gasteiger partial charge in [0.2, 0.25) is 0 Å². The molecule has 0 spiro atoms. The van der Waals surface area contributed by atoms with Crippen LogP contribution in [0.5, 0.6) is 0 Å². The first kappa shape index (κ1) is 19.1. The quantitative estimate of drug-likeness (QED) is 0.485. The van der Waals surface area contributed by atoms with Crippen molar-refractivity contribution in [1.29, 1.82) is 0 Å². The van der Waals surface area contributed by atoms with E-state index in [-0.39, 0.29) is 0 Å². The first-order chi connectivity index (χ1) is 13.2. The molecule has 1 aromatic carbocycles. The predicted octanol–water partition coefficient (Wildman–Crippen LogP) is 7.55. The van der Waals surface area contributed by atoms with E-state index >= 15 is 0 Å². The van der Waals surface area contributed by atoms with Crippen molar-refractivity contribution in [2.75, 3.05) is 0 Å². The maximum Gasteiger partial charge on any atom is 0.0319 e. The maximum atomic E-state index is 3.78. The Balaban J connectivity index is 1.38. The predicted molar refractivity (Wildman–Crippen MR) is 116 cm³/mol. The molecule has 0 saturated heterocycles. The molecule has 0 nitrogen and oxygen atoms in total. The normalized spacial score (nSPS) is 35.5. The Morgan fingerprint density at radius 3 is 2.04 bits per heavy atom. The molecule has 0 atom stereocenters. The van der Waals surface area contributed by atoms with E-state index in [0.29, 0.717) is 10.8 Å². The van der Waals surface area contributed by atoms with E-state index in [1.165, 1.54) is 94.6 Å². The van der Waals surface area contributed by atoms with Crippen LogP contribution in [0.15, 0.2) is 24.3 Å². The standard InChI is InChI=1S/C27H38/c1-3-5-23-6-8-24(9-7-23)14-15-26-16-19-27(20-17-26,21-18-26)25-12-10-22(4-2)11-13-25/h6-9,22,25H,3-5,10-13,16-21H2,1-2H3/t22-,25-,26?,27?. The van der Waals surface area contributed by atoms with E-state index in [2.05, 4.69) is 50.0 Å². The highest BCUT2D eigenvalue weighted by Crippen LogP contribution is 2.62. The van der Waals surface area contributed by atoms with Crippen LogP contribution >= 0.6 is 0 Å². The summed E-state index contributed by atoms with van der Waals surface area (Å²) >= 11 is 0. The van der Waals surface area contributed by atoms with Crippen LogP contribution in [0, 0.1) is 34.5 Å². The van der Waals surface area contributed by atoms with Crippen LogP contribution in [-0.4, -0.2) is 0 Å². The van der Waals surface area contributed by atoms with E-state index < -0.39 is 0 Å². The number of aryl methyl sites for hydroxylation is 1. The van der Waals surface area contributed by atoms with Crippen molar-refractivity contribution < 1.29 is 0 Å². The lowest BCUT2D eigenvalue weighted by molar-refractivity contribution is -0.0376. The van der Waals surface area contributed by atoms with Gasteiger partial charge in [0.1, 0.15) is 0 Å². The summed E-state index contributed by atoms with van der Waals surface area (Å²) in [4.78, 5) is 0. The summed E-state index contributed by atoms with van der Waals surface area (Å²) < 4.78 is 0. The fourth-order valence-electron chi connectivity index (χ4n) is 6.45.